The first-order chi connectivity index (χ1) is 8.08. The van der Waals surface area contributed by atoms with E-state index in [1.54, 1.807) is 0 Å². The summed E-state index contributed by atoms with van der Waals surface area (Å²) >= 11 is 5.37. The molecule has 1 aliphatic rings. The highest BCUT2D eigenvalue weighted by Gasteiger charge is 2.25. The van der Waals surface area contributed by atoms with Gasteiger partial charge in [-0.3, -0.25) is 4.90 Å². The average molecular weight is 317 g/mol. The molecular weight excluding hydrogens is 296 g/mol. The zero-order valence-corrected chi connectivity index (χ0v) is 12.9. The summed E-state index contributed by atoms with van der Waals surface area (Å²) in [4.78, 5) is 3.96. The van der Waals surface area contributed by atoms with Crippen molar-refractivity contribution < 1.29 is 0 Å². The van der Waals surface area contributed by atoms with E-state index in [9.17, 15) is 0 Å². The van der Waals surface area contributed by atoms with Gasteiger partial charge >= 0.3 is 0 Å². The van der Waals surface area contributed by atoms with E-state index in [1.165, 1.54) is 35.0 Å². The fraction of sp³-hybridized carbons (Fsp3) is 0.692. The normalized spacial score (nSPS) is 27.4. The SMILES string of the molecule is CC(c1cc(Br)cs1)N(C)C1CCC(N)CC1. The standard InChI is InChI=1S/C13H21BrN2S/c1-9(13-7-10(14)8-17-13)16(2)12-5-3-11(15)4-6-12/h7-9,11-12H,3-6,15H2,1-2H3. The Hall–Kier alpha value is 0.1000. The molecule has 0 radical (unpaired) electrons. The van der Waals surface area contributed by atoms with Gasteiger partial charge in [0.25, 0.3) is 0 Å². The van der Waals surface area contributed by atoms with Crippen LogP contribution in [0.4, 0.5) is 0 Å². The highest BCUT2D eigenvalue weighted by molar-refractivity contribution is 9.10. The van der Waals surface area contributed by atoms with Gasteiger partial charge in [0.15, 0.2) is 0 Å². The Balaban J connectivity index is 1.97. The first-order valence-corrected chi connectivity index (χ1v) is 7.96. The summed E-state index contributed by atoms with van der Waals surface area (Å²) in [6.07, 6.45) is 4.84. The number of rotatable bonds is 3. The molecule has 1 saturated carbocycles. The molecule has 2 N–H and O–H groups in total. The molecule has 1 aliphatic carbocycles. The van der Waals surface area contributed by atoms with E-state index in [-0.39, 0.29) is 0 Å². The van der Waals surface area contributed by atoms with E-state index < -0.39 is 0 Å². The second-order valence-electron chi connectivity index (χ2n) is 5.08. The molecule has 0 saturated heterocycles. The number of halogens is 1. The zero-order chi connectivity index (χ0) is 12.4. The molecule has 2 nitrogen and oxygen atoms in total. The second kappa shape index (κ2) is 5.83. The lowest BCUT2D eigenvalue weighted by Gasteiger charge is -2.36. The smallest absolute Gasteiger partial charge is 0.0413 e. The average Bonchev–Trinajstić information content (AvgIpc) is 2.75. The third-order valence-corrected chi connectivity index (χ3v) is 5.79. The number of nitrogens with two attached hydrogens (primary N) is 1. The molecule has 1 aromatic rings. The van der Waals surface area contributed by atoms with Gasteiger partial charge in [-0.25, -0.2) is 0 Å². The van der Waals surface area contributed by atoms with Gasteiger partial charge in [0.2, 0.25) is 0 Å². The molecule has 0 aromatic carbocycles. The van der Waals surface area contributed by atoms with Gasteiger partial charge in [-0.15, -0.1) is 11.3 Å². The Labute approximate surface area is 116 Å². The van der Waals surface area contributed by atoms with Crippen molar-refractivity contribution in [3.8, 4) is 0 Å². The fourth-order valence-electron chi connectivity index (χ4n) is 2.57. The highest BCUT2D eigenvalue weighted by Crippen LogP contribution is 2.32. The highest BCUT2D eigenvalue weighted by atomic mass is 79.9. The molecular formula is C13H21BrN2S. The molecule has 4 heteroatoms. The molecule has 96 valence electrons. The van der Waals surface area contributed by atoms with E-state index in [1.807, 2.05) is 11.3 Å². The molecule has 0 bridgehead atoms. The molecule has 0 aliphatic heterocycles. The summed E-state index contributed by atoms with van der Waals surface area (Å²) in [7, 11) is 2.25. The van der Waals surface area contributed by atoms with Gasteiger partial charge < -0.3 is 5.73 Å². The van der Waals surface area contributed by atoms with Crippen LogP contribution >= 0.6 is 27.3 Å². The lowest BCUT2D eigenvalue weighted by Crippen LogP contribution is -2.39. The van der Waals surface area contributed by atoms with Crippen LogP contribution in [-0.4, -0.2) is 24.0 Å². The minimum absolute atomic E-state index is 0.436. The van der Waals surface area contributed by atoms with Crippen LogP contribution in [0.25, 0.3) is 0 Å². The zero-order valence-electron chi connectivity index (χ0n) is 10.5. The largest absolute Gasteiger partial charge is 0.328 e. The third kappa shape index (κ3) is 3.31. The van der Waals surface area contributed by atoms with Crippen molar-refractivity contribution in [1.29, 1.82) is 0 Å². The Morgan fingerprint density at radius 1 is 1.41 bits per heavy atom. The van der Waals surface area contributed by atoms with E-state index in [4.69, 9.17) is 5.73 Å². The lowest BCUT2D eigenvalue weighted by molar-refractivity contribution is 0.142. The van der Waals surface area contributed by atoms with Gasteiger partial charge in [-0.1, -0.05) is 0 Å². The Bertz CT molecular complexity index is 358. The summed E-state index contributed by atoms with van der Waals surface area (Å²) in [6.45, 7) is 2.30. The van der Waals surface area contributed by atoms with Crippen LogP contribution in [-0.2, 0) is 0 Å². The summed E-state index contributed by atoms with van der Waals surface area (Å²) in [6, 6.07) is 3.88. The molecule has 1 fully saturated rings. The first kappa shape index (κ1) is 13.5. The van der Waals surface area contributed by atoms with Crippen LogP contribution in [0.2, 0.25) is 0 Å². The topological polar surface area (TPSA) is 29.3 Å². The van der Waals surface area contributed by atoms with Gasteiger partial charge in [0, 0.05) is 32.9 Å². The van der Waals surface area contributed by atoms with Crippen molar-refractivity contribution in [3.63, 3.8) is 0 Å². The van der Waals surface area contributed by atoms with E-state index in [2.05, 4.69) is 46.2 Å². The van der Waals surface area contributed by atoms with Crippen molar-refractivity contribution in [1.82, 2.24) is 4.90 Å². The molecule has 17 heavy (non-hydrogen) atoms. The van der Waals surface area contributed by atoms with Crippen molar-refractivity contribution in [3.05, 3.63) is 20.8 Å². The predicted octanol–water partition coefficient (Wildman–Crippen LogP) is 3.77. The van der Waals surface area contributed by atoms with Crippen molar-refractivity contribution in [2.45, 2.75) is 50.7 Å². The molecule has 2 rings (SSSR count). The molecule has 1 atom stereocenters. The van der Waals surface area contributed by atoms with Crippen LogP contribution in [0, 0.1) is 0 Å². The van der Waals surface area contributed by atoms with E-state index in [0.717, 1.165) is 0 Å². The fourth-order valence-corrected chi connectivity index (χ4v) is 4.13. The quantitative estimate of drug-likeness (QED) is 0.919. The summed E-state index contributed by atoms with van der Waals surface area (Å²) in [5.41, 5.74) is 5.96. The van der Waals surface area contributed by atoms with Crippen molar-refractivity contribution >= 4 is 27.3 Å². The Kier molecular flexibility index (Phi) is 4.64. The van der Waals surface area contributed by atoms with Crippen LogP contribution in [0.15, 0.2) is 15.9 Å². The lowest BCUT2D eigenvalue weighted by atomic mass is 9.90. The third-order valence-electron chi connectivity index (χ3n) is 3.93. The second-order valence-corrected chi connectivity index (χ2v) is 6.94. The van der Waals surface area contributed by atoms with Crippen LogP contribution < -0.4 is 5.73 Å². The van der Waals surface area contributed by atoms with Crippen molar-refractivity contribution in [2.24, 2.45) is 5.73 Å². The van der Waals surface area contributed by atoms with Gasteiger partial charge in [-0.2, -0.15) is 0 Å². The number of nitrogens with zero attached hydrogens (tertiary/aromatic N) is 1. The maximum absolute atomic E-state index is 5.96. The first-order valence-electron chi connectivity index (χ1n) is 6.29. The molecule has 1 aromatic heterocycles. The number of hydrogen-bond donors (Lipinski definition) is 1. The molecule has 0 amide bonds. The Morgan fingerprint density at radius 2 is 2.06 bits per heavy atom. The minimum atomic E-state index is 0.436. The minimum Gasteiger partial charge on any atom is -0.328 e. The monoisotopic (exact) mass is 316 g/mol. The number of hydrogen-bond acceptors (Lipinski definition) is 3. The van der Waals surface area contributed by atoms with Gasteiger partial charge in [0.1, 0.15) is 0 Å². The molecule has 0 spiro atoms. The van der Waals surface area contributed by atoms with E-state index in [0.29, 0.717) is 18.1 Å². The van der Waals surface area contributed by atoms with Crippen molar-refractivity contribution in [2.75, 3.05) is 7.05 Å². The van der Waals surface area contributed by atoms with Gasteiger partial charge in [-0.05, 0) is 61.7 Å². The summed E-state index contributed by atoms with van der Waals surface area (Å²) < 4.78 is 1.20. The maximum Gasteiger partial charge on any atom is 0.0413 e. The summed E-state index contributed by atoms with van der Waals surface area (Å²) in [5.74, 6) is 0. The number of thiophene rings is 1. The van der Waals surface area contributed by atoms with Crippen LogP contribution in [0.5, 0.6) is 0 Å². The summed E-state index contributed by atoms with van der Waals surface area (Å²) in [5, 5.41) is 2.16. The molecule has 1 unspecified atom stereocenters. The van der Waals surface area contributed by atoms with Crippen LogP contribution in [0.1, 0.15) is 43.5 Å². The van der Waals surface area contributed by atoms with Gasteiger partial charge in [0.05, 0.1) is 0 Å². The Morgan fingerprint density at radius 3 is 2.59 bits per heavy atom. The van der Waals surface area contributed by atoms with Crippen LogP contribution in [0.3, 0.4) is 0 Å². The van der Waals surface area contributed by atoms with E-state index >= 15 is 0 Å². The predicted molar refractivity (Wildman–Crippen MR) is 78.4 cm³/mol. The molecule has 1 heterocycles. The maximum atomic E-state index is 5.96.